The Balaban J connectivity index is -0.000000375. The molecule has 0 atom stereocenters. The average Bonchev–Trinajstić information content (AvgIpc) is 3.01. The molecule has 0 radical (unpaired) electrons. The van der Waals surface area contributed by atoms with E-state index >= 15 is 0 Å². The van der Waals surface area contributed by atoms with E-state index in [1.165, 1.54) is 0 Å². The quantitative estimate of drug-likeness (QED) is 0.141. The number of carboxylic acid groups (broad SMARTS) is 4. The molecule has 0 rings (SSSR count). The molecule has 0 heterocycles. The normalized spacial score (nSPS) is 12.1. The van der Waals surface area contributed by atoms with E-state index in [9.17, 15) is 57.5 Å². The zero-order valence-corrected chi connectivity index (χ0v) is 52.5. The summed E-state index contributed by atoms with van der Waals surface area (Å²) >= 11 is -15.0. The number of rotatable bonds is 12. The van der Waals surface area contributed by atoms with Crippen LogP contribution in [0.25, 0.3) is 0 Å². The van der Waals surface area contributed by atoms with Crippen molar-refractivity contribution in [1.82, 2.24) is 0 Å². The topological polar surface area (TPSA) is 286 Å². The van der Waals surface area contributed by atoms with Crippen LogP contribution in [-0.4, -0.2) is 63.1 Å². The number of hydrogen-bond acceptors (Lipinski definition) is 12. The SMILES string of the molecule is CC(C)(C)[C](=O)[Zr]([C](=O)O)[C](=O)C(C)(C)C.CC(C)(C)[C](=O)[Zr]([C](=O)O)[C](=O)C(C)(C)C.CC(C)(C)[C](=O)[Zr]([C](=O)O)[C](=O)C(C)(C)C.CC(C)(C)[C](=O)[Zr]([C](=O)O)[C](=O)C(C)(C)C. The molecule has 0 unspecified atom stereocenters. The molecule has 4 N–H and O–H groups in total. The Labute approximate surface area is 412 Å². The van der Waals surface area contributed by atoms with E-state index in [2.05, 4.69) is 0 Å². The maximum absolute atomic E-state index is 12.0. The summed E-state index contributed by atoms with van der Waals surface area (Å²) < 4.78 is -7.42. The molecule has 364 valence electrons. The van der Waals surface area contributed by atoms with E-state index in [0.717, 1.165) is 0 Å². The Morgan fingerprint density at radius 2 is 0.266 bits per heavy atom. The first-order valence-electron chi connectivity index (χ1n) is 20.3. The first-order valence-corrected chi connectivity index (χ1v) is 35.1. The zero-order chi connectivity index (χ0) is 53.2. The van der Waals surface area contributed by atoms with Gasteiger partial charge in [-0.25, -0.2) is 0 Å². The molecule has 0 bridgehead atoms. The fraction of sp³-hybridized carbons (Fsp3) is 0.727. The predicted molar refractivity (Wildman–Crippen MR) is 228 cm³/mol. The standard InChI is InChI=1S/8C5H9O.4CHO2.4Zr/c8*1-5(2,3)4-6;4*2-1-3;;;;/h8*1-3H3;4*(H,2,3);;;;. The van der Waals surface area contributed by atoms with Gasteiger partial charge in [-0.2, -0.15) is 0 Å². The van der Waals surface area contributed by atoms with E-state index in [-0.39, 0.29) is 27.9 Å². The second kappa shape index (κ2) is 25.4. The van der Waals surface area contributed by atoms with Crippen LogP contribution in [0.3, 0.4) is 0 Å². The molecule has 0 saturated heterocycles. The minimum atomic E-state index is -3.75. The van der Waals surface area contributed by atoms with Gasteiger partial charge in [-0.3, -0.25) is 0 Å². The van der Waals surface area contributed by atoms with E-state index in [1.54, 1.807) is 166 Å². The molecule has 16 nitrogen and oxygen atoms in total. The number of hydrogen-bond donors (Lipinski definition) is 4. The summed E-state index contributed by atoms with van der Waals surface area (Å²) in [6, 6.07) is 0. The van der Waals surface area contributed by atoms with Gasteiger partial charge < -0.3 is 0 Å². The first kappa shape index (κ1) is 69.3. The minimum absolute atomic E-state index is 0.345. The number of carbonyl (C=O) groups excluding carboxylic acids is 8. The van der Waals surface area contributed by atoms with Crippen LogP contribution in [-0.2, 0) is 125 Å². The van der Waals surface area contributed by atoms with Crippen molar-refractivity contribution in [2.45, 2.75) is 166 Å². The summed E-state index contributed by atoms with van der Waals surface area (Å²) in [5.41, 5.74) is -5.94. The predicted octanol–water partition coefficient (Wildman–Crippen LogP) is 9.71. The first-order chi connectivity index (χ1) is 27.5. The van der Waals surface area contributed by atoms with Crippen LogP contribution >= 0.6 is 0 Å². The van der Waals surface area contributed by atoms with Crippen molar-refractivity contribution >= 4 is 42.6 Å². The van der Waals surface area contributed by atoms with Crippen LogP contribution < -0.4 is 0 Å². The molecule has 0 aromatic carbocycles. The van der Waals surface area contributed by atoms with Crippen molar-refractivity contribution in [2.24, 2.45) is 43.3 Å². The Bertz CT molecular complexity index is 1440. The molecule has 0 aliphatic carbocycles. The van der Waals surface area contributed by atoms with Crippen LogP contribution in [0, 0.1) is 43.3 Å². The summed E-state index contributed by atoms with van der Waals surface area (Å²) in [6.07, 6.45) is 0. The summed E-state index contributed by atoms with van der Waals surface area (Å²) in [6.45, 7) is 39.9. The summed E-state index contributed by atoms with van der Waals surface area (Å²) in [5.74, 6) is 0. The van der Waals surface area contributed by atoms with Gasteiger partial charge in [0.1, 0.15) is 0 Å². The van der Waals surface area contributed by atoms with Crippen LogP contribution in [0.1, 0.15) is 166 Å². The zero-order valence-electron chi connectivity index (χ0n) is 42.7. The van der Waals surface area contributed by atoms with Crippen molar-refractivity contribution < 1.29 is 165 Å². The molecule has 0 aliphatic rings. The molecule has 0 fully saturated rings. The van der Waals surface area contributed by atoms with Gasteiger partial charge in [0, 0.05) is 0 Å². The van der Waals surface area contributed by atoms with Gasteiger partial charge in [-0.1, -0.05) is 0 Å². The third-order valence-corrected chi connectivity index (χ3v) is 36.0. The van der Waals surface area contributed by atoms with E-state index in [0.29, 0.717) is 0 Å². The van der Waals surface area contributed by atoms with Crippen molar-refractivity contribution in [2.75, 3.05) is 0 Å². The van der Waals surface area contributed by atoms with Crippen molar-refractivity contribution in [1.29, 1.82) is 0 Å². The molecule has 0 amide bonds. The van der Waals surface area contributed by atoms with Crippen LogP contribution in [0.2, 0.25) is 0 Å². The van der Waals surface area contributed by atoms with E-state index < -0.39 is 145 Å². The van der Waals surface area contributed by atoms with Gasteiger partial charge in [0.2, 0.25) is 0 Å². The molecule has 0 saturated carbocycles. The molecular formula is C44H76O16Zr4. The van der Waals surface area contributed by atoms with E-state index in [1.807, 2.05) is 0 Å². The molecule has 0 spiro atoms. The second-order valence-electron chi connectivity index (χ2n) is 23.4. The van der Waals surface area contributed by atoms with E-state index in [4.69, 9.17) is 20.4 Å². The Morgan fingerprint density at radius 1 is 0.203 bits per heavy atom. The summed E-state index contributed by atoms with van der Waals surface area (Å²) in [5, 5.41) is 36.3. The summed E-state index contributed by atoms with van der Waals surface area (Å²) in [4.78, 5) is 140. The van der Waals surface area contributed by atoms with Crippen LogP contribution in [0.15, 0.2) is 0 Å². The second-order valence-corrected chi connectivity index (χ2v) is 43.9. The molecule has 0 aromatic rings. The molecule has 0 aromatic heterocycles. The van der Waals surface area contributed by atoms with Crippen LogP contribution in [0.5, 0.6) is 0 Å². The maximum atomic E-state index is 12.0. The van der Waals surface area contributed by atoms with Gasteiger partial charge in [0.25, 0.3) is 0 Å². The monoisotopic (exact) mass is 1220 g/mol. The Kier molecular flexibility index (Phi) is 27.5. The third-order valence-electron chi connectivity index (χ3n) is 8.12. The van der Waals surface area contributed by atoms with Gasteiger partial charge in [0.15, 0.2) is 0 Å². The van der Waals surface area contributed by atoms with Crippen molar-refractivity contribution in [3.8, 4) is 0 Å². The molecule has 0 aliphatic heterocycles. The summed E-state index contributed by atoms with van der Waals surface area (Å²) in [7, 11) is 0. The van der Waals surface area contributed by atoms with Crippen molar-refractivity contribution in [3.63, 3.8) is 0 Å². The fourth-order valence-electron chi connectivity index (χ4n) is 4.19. The van der Waals surface area contributed by atoms with Crippen LogP contribution in [0.4, 0.5) is 19.2 Å². The number of carbonyl (C=O) groups is 12. The van der Waals surface area contributed by atoms with Gasteiger partial charge in [-0.05, 0) is 0 Å². The molecule has 64 heavy (non-hydrogen) atoms. The van der Waals surface area contributed by atoms with Gasteiger partial charge in [0.05, 0.1) is 0 Å². The molecule has 20 heteroatoms. The molecular weight excluding hydrogens is 1150 g/mol. The Hall–Kier alpha value is -1.23. The third kappa shape index (κ3) is 24.2. The van der Waals surface area contributed by atoms with Gasteiger partial charge >= 0.3 is 417 Å². The van der Waals surface area contributed by atoms with Gasteiger partial charge in [-0.15, -0.1) is 0 Å². The fourth-order valence-corrected chi connectivity index (χ4v) is 24.8. The Morgan fingerprint density at radius 3 is 0.297 bits per heavy atom. The van der Waals surface area contributed by atoms with Crippen molar-refractivity contribution in [3.05, 3.63) is 0 Å². The average molecular weight is 1230 g/mol.